The van der Waals surface area contributed by atoms with E-state index in [9.17, 15) is 9.59 Å². The number of rotatable bonds is 33. The summed E-state index contributed by atoms with van der Waals surface area (Å²) < 4.78 is 12.1. The highest BCUT2D eigenvalue weighted by Crippen LogP contribution is 2.41. The van der Waals surface area contributed by atoms with E-state index in [-0.39, 0.29) is 46.3 Å². The molecule has 58 heavy (non-hydrogen) atoms. The zero-order valence-corrected chi connectivity index (χ0v) is 40.1. The number of hydroxylamine groups is 4. The normalized spacial score (nSPS) is 19.7. The Bertz CT molecular complexity index is 970. The number of ether oxygens (including phenoxy) is 2. The third-order valence-electron chi connectivity index (χ3n) is 12.7. The van der Waals surface area contributed by atoms with Crippen molar-refractivity contribution in [1.82, 2.24) is 10.1 Å². The summed E-state index contributed by atoms with van der Waals surface area (Å²) in [5, 5.41) is 4.38. The SMILES string of the molecule is CCCCCCCCCCON1C(C)(C)CC(OC(=O)CCCCCCCCCCC(=O)OC2CC(C)(C)N(OCCCCCCCCCC)C(C)(C)C2)CC1(C)C. The van der Waals surface area contributed by atoms with Crippen molar-refractivity contribution in [3.8, 4) is 0 Å². The molecule has 0 spiro atoms. The van der Waals surface area contributed by atoms with Crippen LogP contribution in [0.25, 0.3) is 0 Å². The van der Waals surface area contributed by atoms with Crippen LogP contribution in [0.4, 0.5) is 0 Å². The molecule has 8 nitrogen and oxygen atoms in total. The molecule has 0 bridgehead atoms. The lowest BCUT2D eigenvalue weighted by atomic mass is 9.80. The first-order valence-electron chi connectivity index (χ1n) is 24.8. The minimum absolute atomic E-state index is 0.0584. The topological polar surface area (TPSA) is 77.5 Å². The second-order valence-corrected chi connectivity index (χ2v) is 20.8. The summed E-state index contributed by atoms with van der Waals surface area (Å²) in [6, 6.07) is 0. The molecular formula is C50H96N2O6. The smallest absolute Gasteiger partial charge is 0.306 e. The summed E-state index contributed by atoms with van der Waals surface area (Å²) in [5.74, 6) is -0.117. The van der Waals surface area contributed by atoms with Gasteiger partial charge in [0.05, 0.1) is 13.2 Å². The molecule has 0 aromatic carbocycles. The Morgan fingerprint density at radius 1 is 0.397 bits per heavy atom. The van der Waals surface area contributed by atoms with Gasteiger partial charge in [-0.1, -0.05) is 142 Å². The van der Waals surface area contributed by atoms with Crippen molar-refractivity contribution in [3.63, 3.8) is 0 Å². The van der Waals surface area contributed by atoms with Crippen LogP contribution in [0.5, 0.6) is 0 Å². The van der Waals surface area contributed by atoms with Crippen molar-refractivity contribution in [2.24, 2.45) is 0 Å². The molecule has 0 aromatic heterocycles. The van der Waals surface area contributed by atoms with E-state index in [1.165, 1.54) is 103 Å². The molecule has 0 aromatic rings. The third-order valence-corrected chi connectivity index (χ3v) is 12.7. The summed E-state index contributed by atoms with van der Waals surface area (Å²) in [6.07, 6.45) is 33.2. The van der Waals surface area contributed by atoms with Crippen LogP contribution in [0.2, 0.25) is 0 Å². The van der Waals surface area contributed by atoms with E-state index in [0.29, 0.717) is 12.8 Å². The molecule has 2 aliphatic heterocycles. The maximum atomic E-state index is 12.8. The van der Waals surface area contributed by atoms with Crippen molar-refractivity contribution >= 4 is 11.9 Å². The lowest BCUT2D eigenvalue weighted by Crippen LogP contribution is -2.62. The Morgan fingerprint density at radius 2 is 0.638 bits per heavy atom. The number of unbranched alkanes of at least 4 members (excludes halogenated alkanes) is 21. The van der Waals surface area contributed by atoms with Gasteiger partial charge >= 0.3 is 11.9 Å². The van der Waals surface area contributed by atoms with Crippen LogP contribution in [0.3, 0.4) is 0 Å². The van der Waals surface area contributed by atoms with E-state index in [1.807, 2.05) is 0 Å². The maximum absolute atomic E-state index is 12.8. The molecule has 8 heteroatoms. The summed E-state index contributed by atoms with van der Waals surface area (Å²) >= 11 is 0. The van der Waals surface area contributed by atoms with Gasteiger partial charge in [0.2, 0.25) is 0 Å². The van der Waals surface area contributed by atoms with Crippen molar-refractivity contribution < 1.29 is 28.7 Å². The molecule has 0 radical (unpaired) electrons. The van der Waals surface area contributed by atoms with Gasteiger partial charge in [0.1, 0.15) is 12.2 Å². The van der Waals surface area contributed by atoms with Crippen LogP contribution in [0.1, 0.15) is 262 Å². The number of hydrogen-bond acceptors (Lipinski definition) is 8. The van der Waals surface area contributed by atoms with Gasteiger partial charge in [-0.25, -0.2) is 0 Å². The number of piperidine rings is 2. The van der Waals surface area contributed by atoms with Gasteiger partial charge in [-0.05, 0) is 81.1 Å². The van der Waals surface area contributed by atoms with E-state index in [1.54, 1.807) is 0 Å². The highest BCUT2D eigenvalue weighted by Gasteiger charge is 2.49. The van der Waals surface area contributed by atoms with Crippen molar-refractivity contribution in [2.75, 3.05) is 13.2 Å². The quantitative estimate of drug-likeness (QED) is 0.0478. The Kier molecular flexibility index (Phi) is 25.9. The van der Waals surface area contributed by atoms with Gasteiger partial charge in [-0.2, -0.15) is 10.1 Å². The predicted octanol–water partition coefficient (Wildman–Crippen LogP) is 14.2. The van der Waals surface area contributed by atoms with E-state index >= 15 is 0 Å². The van der Waals surface area contributed by atoms with Gasteiger partial charge in [-0.3, -0.25) is 19.3 Å². The third kappa shape index (κ3) is 21.5. The van der Waals surface area contributed by atoms with Crippen LogP contribution in [0.15, 0.2) is 0 Å². The molecule has 342 valence electrons. The summed E-state index contributed by atoms with van der Waals surface area (Å²) in [6.45, 7) is 23.8. The van der Waals surface area contributed by atoms with Crippen LogP contribution in [-0.4, -0.2) is 69.6 Å². The molecule has 0 atom stereocenters. The number of nitrogens with zero attached hydrogens (tertiary/aromatic N) is 2. The lowest BCUT2D eigenvalue weighted by Gasteiger charge is -2.53. The molecule has 0 amide bonds. The van der Waals surface area contributed by atoms with Crippen molar-refractivity contribution in [1.29, 1.82) is 0 Å². The minimum atomic E-state index is -0.193. The van der Waals surface area contributed by atoms with Crippen LogP contribution >= 0.6 is 0 Å². The molecule has 2 saturated heterocycles. The fourth-order valence-corrected chi connectivity index (χ4v) is 10.1. The monoisotopic (exact) mass is 821 g/mol. The van der Waals surface area contributed by atoms with Crippen LogP contribution < -0.4 is 0 Å². The van der Waals surface area contributed by atoms with Crippen molar-refractivity contribution in [2.45, 2.75) is 296 Å². The lowest BCUT2D eigenvalue weighted by molar-refractivity contribution is -0.293. The molecular weight excluding hydrogens is 725 g/mol. The van der Waals surface area contributed by atoms with E-state index in [0.717, 1.165) is 90.3 Å². The molecule has 2 heterocycles. The number of esters is 2. The first-order valence-corrected chi connectivity index (χ1v) is 24.8. The minimum Gasteiger partial charge on any atom is -0.462 e. The Morgan fingerprint density at radius 3 is 0.914 bits per heavy atom. The predicted molar refractivity (Wildman–Crippen MR) is 242 cm³/mol. The zero-order valence-electron chi connectivity index (χ0n) is 40.1. The fourth-order valence-electron chi connectivity index (χ4n) is 10.1. The molecule has 2 rings (SSSR count). The molecule has 2 fully saturated rings. The second kappa shape index (κ2) is 28.4. The zero-order chi connectivity index (χ0) is 42.9. The number of carbonyl (C=O) groups excluding carboxylic acids is 2. The summed E-state index contributed by atoms with van der Waals surface area (Å²) in [5.41, 5.74) is -0.773. The Hall–Kier alpha value is -1.22. The Balaban J connectivity index is 1.52. The first kappa shape index (κ1) is 52.9. The van der Waals surface area contributed by atoms with E-state index in [4.69, 9.17) is 19.1 Å². The molecule has 0 N–H and O–H groups in total. The molecule has 2 aliphatic rings. The Labute approximate surface area is 359 Å². The average molecular weight is 821 g/mol. The fraction of sp³-hybridized carbons (Fsp3) is 0.960. The number of carbonyl (C=O) groups is 2. The van der Waals surface area contributed by atoms with Gasteiger partial charge in [0.25, 0.3) is 0 Å². The van der Waals surface area contributed by atoms with Crippen molar-refractivity contribution in [3.05, 3.63) is 0 Å². The van der Waals surface area contributed by atoms with Gasteiger partial charge in [0.15, 0.2) is 0 Å². The highest BCUT2D eigenvalue weighted by molar-refractivity contribution is 5.69. The maximum Gasteiger partial charge on any atom is 0.306 e. The van der Waals surface area contributed by atoms with E-state index in [2.05, 4.69) is 79.4 Å². The van der Waals surface area contributed by atoms with Gasteiger partial charge < -0.3 is 9.47 Å². The van der Waals surface area contributed by atoms with Crippen LogP contribution in [-0.2, 0) is 28.7 Å². The second-order valence-electron chi connectivity index (χ2n) is 20.8. The molecule has 0 aliphatic carbocycles. The standard InChI is InChI=1S/C50H96N2O6/c1-11-13-15-17-19-25-29-33-37-55-51-47(3,4)39-43(40-48(51,5)6)57-45(53)35-31-27-23-21-22-24-28-32-36-46(54)58-44-41-49(7,8)52(50(9,10)42-44)56-38-34-30-26-20-18-16-14-12-2/h43-44H,11-42H2,1-10H3. The van der Waals surface area contributed by atoms with E-state index < -0.39 is 0 Å². The number of hydrogen-bond donors (Lipinski definition) is 0. The molecule has 0 saturated carbocycles. The summed E-state index contributed by atoms with van der Waals surface area (Å²) in [7, 11) is 0. The van der Waals surface area contributed by atoms with Gasteiger partial charge in [-0.15, -0.1) is 0 Å². The van der Waals surface area contributed by atoms with Crippen LogP contribution in [0, 0.1) is 0 Å². The summed E-state index contributed by atoms with van der Waals surface area (Å²) in [4.78, 5) is 38.4. The first-order chi connectivity index (χ1) is 27.5. The van der Waals surface area contributed by atoms with Gasteiger partial charge in [0, 0.05) is 60.7 Å². The molecule has 0 unspecified atom stereocenters. The highest BCUT2D eigenvalue weighted by atomic mass is 16.7. The average Bonchev–Trinajstić information content (AvgIpc) is 3.11. The largest absolute Gasteiger partial charge is 0.462 e.